The number of sulfonamides is 1. The number of aromatic nitrogens is 1. The molecule has 0 aromatic carbocycles. The largest absolute Gasteiger partial charge is 0.464 e. The Morgan fingerprint density at radius 3 is 2.84 bits per heavy atom. The molecule has 19 heavy (non-hydrogen) atoms. The van der Waals surface area contributed by atoms with Crippen LogP contribution in [0.15, 0.2) is 9.72 Å². The van der Waals surface area contributed by atoms with Gasteiger partial charge in [-0.1, -0.05) is 0 Å². The quantitative estimate of drug-likeness (QED) is 0.794. The molecule has 1 saturated heterocycles. The summed E-state index contributed by atoms with van der Waals surface area (Å²) in [6.07, 6.45) is 0.360. The number of carbonyl (C=O) groups is 1. The predicted molar refractivity (Wildman–Crippen MR) is 67.5 cm³/mol. The highest BCUT2D eigenvalue weighted by atomic mass is 32.2. The van der Waals surface area contributed by atoms with Crippen molar-refractivity contribution in [1.29, 1.82) is 0 Å². The van der Waals surface area contributed by atoms with E-state index < -0.39 is 21.6 Å². The zero-order valence-electron chi connectivity index (χ0n) is 10.5. The number of methoxy groups -OCH3 is 1. The van der Waals surface area contributed by atoms with Gasteiger partial charge in [0.25, 0.3) is 10.0 Å². The molecule has 0 aliphatic carbocycles. The first-order valence-electron chi connectivity index (χ1n) is 5.52. The number of thiazole rings is 1. The molecule has 1 aliphatic heterocycles. The first-order valence-corrected chi connectivity index (χ1v) is 7.84. The number of rotatable bonds is 3. The molecule has 0 bridgehead atoms. The van der Waals surface area contributed by atoms with Crippen LogP contribution < -0.4 is 0 Å². The highest BCUT2D eigenvalue weighted by Crippen LogP contribution is 2.30. The number of carbonyl (C=O) groups excluding carboxylic acids is 1. The highest BCUT2D eigenvalue weighted by molar-refractivity contribution is 7.91. The third-order valence-corrected chi connectivity index (χ3v) is 6.10. The van der Waals surface area contributed by atoms with Crippen LogP contribution >= 0.6 is 11.3 Å². The van der Waals surface area contributed by atoms with Crippen LogP contribution in [0.5, 0.6) is 0 Å². The van der Waals surface area contributed by atoms with Crippen molar-refractivity contribution in [2.75, 3.05) is 20.2 Å². The van der Waals surface area contributed by atoms with Gasteiger partial charge in [-0.2, -0.15) is 4.31 Å². The summed E-state index contributed by atoms with van der Waals surface area (Å²) in [5, 5.41) is 9.84. The molecule has 1 unspecified atom stereocenters. The first-order chi connectivity index (χ1) is 8.78. The SMILES string of the molecule is COC(=O)c1ncsc1S(=O)(=O)N1CCC(C)(O)C1. The van der Waals surface area contributed by atoms with Crippen molar-refractivity contribution in [1.82, 2.24) is 9.29 Å². The van der Waals surface area contributed by atoms with Gasteiger partial charge in [-0.3, -0.25) is 0 Å². The topological polar surface area (TPSA) is 96.8 Å². The minimum Gasteiger partial charge on any atom is -0.464 e. The van der Waals surface area contributed by atoms with E-state index in [-0.39, 0.29) is 23.0 Å². The third kappa shape index (κ3) is 2.64. The Bertz CT molecular complexity index is 593. The number of hydrogen-bond acceptors (Lipinski definition) is 7. The molecule has 1 atom stereocenters. The van der Waals surface area contributed by atoms with Crippen LogP contribution in [0, 0.1) is 0 Å². The monoisotopic (exact) mass is 306 g/mol. The maximum atomic E-state index is 12.4. The maximum absolute atomic E-state index is 12.4. The molecule has 1 aromatic rings. The van der Waals surface area contributed by atoms with Crippen molar-refractivity contribution in [2.45, 2.75) is 23.2 Å². The van der Waals surface area contributed by atoms with Gasteiger partial charge in [-0.25, -0.2) is 18.2 Å². The van der Waals surface area contributed by atoms with Crippen molar-refractivity contribution >= 4 is 27.3 Å². The highest BCUT2D eigenvalue weighted by Gasteiger charge is 2.41. The summed E-state index contributed by atoms with van der Waals surface area (Å²) < 4.78 is 30.3. The lowest BCUT2D eigenvalue weighted by atomic mass is 10.1. The van der Waals surface area contributed by atoms with Gasteiger partial charge in [-0.05, 0) is 13.3 Å². The molecule has 0 radical (unpaired) electrons. The van der Waals surface area contributed by atoms with Crippen molar-refractivity contribution < 1.29 is 23.1 Å². The Balaban J connectivity index is 2.36. The normalized spacial score (nSPS) is 24.6. The number of hydrogen-bond donors (Lipinski definition) is 1. The number of ether oxygens (including phenoxy) is 1. The summed E-state index contributed by atoms with van der Waals surface area (Å²) in [6.45, 7) is 1.80. The molecule has 1 aromatic heterocycles. The summed E-state index contributed by atoms with van der Waals surface area (Å²) in [5.41, 5.74) is 0.0373. The Hall–Kier alpha value is -1.03. The second kappa shape index (κ2) is 4.82. The van der Waals surface area contributed by atoms with Crippen molar-refractivity contribution in [3.63, 3.8) is 0 Å². The van der Waals surface area contributed by atoms with Gasteiger partial charge < -0.3 is 9.84 Å². The van der Waals surface area contributed by atoms with E-state index >= 15 is 0 Å². The molecule has 1 N–H and O–H groups in total. The van der Waals surface area contributed by atoms with Crippen LogP contribution in [-0.4, -0.2) is 54.6 Å². The number of aliphatic hydroxyl groups is 1. The maximum Gasteiger partial charge on any atom is 0.358 e. The van der Waals surface area contributed by atoms with Crippen LogP contribution in [0.2, 0.25) is 0 Å². The molecular formula is C10H14N2O5S2. The summed E-state index contributed by atoms with van der Waals surface area (Å²) in [4.78, 5) is 15.2. The van der Waals surface area contributed by atoms with Gasteiger partial charge in [0.1, 0.15) is 0 Å². The predicted octanol–water partition coefficient (Wildman–Crippen LogP) is 0.0751. The van der Waals surface area contributed by atoms with E-state index in [1.165, 1.54) is 12.6 Å². The van der Waals surface area contributed by atoms with Gasteiger partial charge in [0.05, 0.1) is 18.2 Å². The van der Waals surface area contributed by atoms with Gasteiger partial charge in [0.15, 0.2) is 9.90 Å². The van der Waals surface area contributed by atoms with E-state index in [9.17, 15) is 18.3 Å². The van der Waals surface area contributed by atoms with Gasteiger partial charge >= 0.3 is 5.97 Å². The molecule has 0 spiro atoms. The molecule has 7 nitrogen and oxygen atoms in total. The zero-order chi connectivity index (χ0) is 14.3. The molecule has 106 valence electrons. The average Bonchev–Trinajstić information content (AvgIpc) is 2.94. The fourth-order valence-corrected chi connectivity index (χ4v) is 4.70. The number of β-amino-alcohol motifs (C(OH)–C–C–N with tert-alkyl or cyclic N) is 1. The molecular weight excluding hydrogens is 292 g/mol. The van der Waals surface area contributed by atoms with E-state index in [1.54, 1.807) is 6.92 Å². The average molecular weight is 306 g/mol. The molecule has 9 heteroatoms. The molecule has 2 rings (SSSR count). The number of nitrogens with zero attached hydrogens (tertiary/aromatic N) is 2. The van der Waals surface area contributed by atoms with E-state index in [4.69, 9.17) is 0 Å². The standard InChI is InChI=1S/C10H14N2O5S2/c1-10(14)3-4-12(5-10)19(15,16)9-7(8(13)17-2)11-6-18-9/h6,14H,3-5H2,1-2H3. The van der Waals surface area contributed by atoms with Gasteiger partial charge in [-0.15, -0.1) is 11.3 Å². The Kier molecular flexibility index (Phi) is 3.65. The van der Waals surface area contributed by atoms with E-state index in [2.05, 4.69) is 9.72 Å². The minimum atomic E-state index is -3.82. The Morgan fingerprint density at radius 2 is 2.32 bits per heavy atom. The Labute approximate surface area is 114 Å². The Morgan fingerprint density at radius 1 is 1.63 bits per heavy atom. The lowest BCUT2D eigenvalue weighted by molar-refractivity contribution is 0.0590. The van der Waals surface area contributed by atoms with Crippen molar-refractivity contribution in [3.8, 4) is 0 Å². The molecule has 0 amide bonds. The number of esters is 1. The summed E-state index contributed by atoms with van der Waals surface area (Å²) in [7, 11) is -2.66. The van der Waals surface area contributed by atoms with Gasteiger partial charge in [0, 0.05) is 13.1 Å². The fraction of sp³-hybridized carbons (Fsp3) is 0.600. The molecule has 0 saturated carbocycles. The summed E-state index contributed by atoms with van der Waals surface area (Å²) in [5.74, 6) is -0.786. The van der Waals surface area contributed by atoms with Crippen LogP contribution in [0.25, 0.3) is 0 Å². The second-order valence-electron chi connectivity index (χ2n) is 4.57. The van der Waals surface area contributed by atoms with Gasteiger partial charge in [0.2, 0.25) is 0 Å². The molecule has 2 heterocycles. The van der Waals surface area contributed by atoms with E-state index in [0.29, 0.717) is 6.42 Å². The first kappa shape index (κ1) is 14.4. The van der Waals surface area contributed by atoms with Crippen LogP contribution in [0.3, 0.4) is 0 Å². The van der Waals surface area contributed by atoms with Crippen LogP contribution in [0.4, 0.5) is 0 Å². The second-order valence-corrected chi connectivity index (χ2v) is 7.55. The van der Waals surface area contributed by atoms with E-state index in [1.807, 2.05) is 0 Å². The smallest absolute Gasteiger partial charge is 0.358 e. The molecule has 1 aliphatic rings. The van der Waals surface area contributed by atoms with Crippen molar-refractivity contribution in [3.05, 3.63) is 11.2 Å². The van der Waals surface area contributed by atoms with Crippen LogP contribution in [-0.2, 0) is 14.8 Å². The summed E-state index contributed by atoms with van der Waals surface area (Å²) >= 11 is 0.864. The van der Waals surface area contributed by atoms with E-state index in [0.717, 1.165) is 15.6 Å². The van der Waals surface area contributed by atoms with Crippen LogP contribution in [0.1, 0.15) is 23.8 Å². The fourth-order valence-electron chi connectivity index (χ4n) is 1.88. The third-order valence-electron chi connectivity index (χ3n) is 2.90. The lowest BCUT2D eigenvalue weighted by Crippen LogP contribution is -2.34. The molecule has 1 fully saturated rings. The lowest BCUT2D eigenvalue weighted by Gasteiger charge is -2.18. The minimum absolute atomic E-state index is 0.00778. The zero-order valence-corrected chi connectivity index (χ0v) is 12.1. The summed E-state index contributed by atoms with van der Waals surface area (Å²) in [6, 6.07) is 0. The van der Waals surface area contributed by atoms with Crippen molar-refractivity contribution in [2.24, 2.45) is 0 Å².